The van der Waals surface area contributed by atoms with E-state index in [0.29, 0.717) is 5.02 Å². The molecule has 0 aromatic heterocycles. The summed E-state index contributed by atoms with van der Waals surface area (Å²) in [6, 6.07) is 4.55. The van der Waals surface area contributed by atoms with E-state index in [1.807, 2.05) is 0 Å². The van der Waals surface area contributed by atoms with Gasteiger partial charge in [-0.2, -0.15) is 0 Å². The molecular weight excluding hydrogens is 209 g/mol. The minimum absolute atomic E-state index is 0.230. The van der Waals surface area contributed by atoms with Gasteiger partial charge in [-0.25, -0.2) is 4.39 Å². The molecule has 70 valence electrons. The van der Waals surface area contributed by atoms with Gasteiger partial charge in [-0.3, -0.25) is 0 Å². The van der Waals surface area contributed by atoms with E-state index in [0.717, 1.165) is 17.9 Å². The molecule has 4 heteroatoms. The Morgan fingerprint density at radius 3 is 3.00 bits per heavy atom. The molecule has 13 heavy (non-hydrogen) atoms. The summed E-state index contributed by atoms with van der Waals surface area (Å²) in [5.41, 5.74) is 0.977. The number of benzene rings is 1. The number of hydrogen-bond donors (Lipinski definition) is 1. The van der Waals surface area contributed by atoms with E-state index >= 15 is 0 Å². The minimum atomic E-state index is -0.281. The van der Waals surface area contributed by atoms with Crippen LogP contribution in [0.3, 0.4) is 0 Å². The summed E-state index contributed by atoms with van der Waals surface area (Å²) in [6.45, 7) is 0.989. The Balaban J connectivity index is 2.29. The topological polar surface area (TPSA) is 12.0 Å². The highest BCUT2D eigenvalue weighted by atomic mass is 35.5. The molecule has 0 radical (unpaired) electrons. The SMILES string of the molecule is Fc1ccc(C2NCCS2)c(Cl)c1. The van der Waals surface area contributed by atoms with E-state index in [9.17, 15) is 4.39 Å². The van der Waals surface area contributed by atoms with Gasteiger partial charge in [0.1, 0.15) is 5.82 Å². The third-order valence-electron chi connectivity index (χ3n) is 1.96. The normalized spacial score (nSPS) is 22.2. The fraction of sp³-hybridized carbons (Fsp3) is 0.333. The van der Waals surface area contributed by atoms with Crippen molar-refractivity contribution in [2.75, 3.05) is 12.3 Å². The average Bonchev–Trinajstić information content (AvgIpc) is 2.56. The molecule has 0 spiro atoms. The molecule has 0 saturated carbocycles. The minimum Gasteiger partial charge on any atom is -0.301 e. The van der Waals surface area contributed by atoms with Crippen molar-refractivity contribution in [3.05, 3.63) is 34.6 Å². The summed E-state index contributed by atoms with van der Waals surface area (Å²) in [7, 11) is 0. The summed E-state index contributed by atoms with van der Waals surface area (Å²) >= 11 is 7.71. The van der Waals surface area contributed by atoms with Gasteiger partial charge in [0.05, 0.1) is 5.37 Å². The summed E-state index contributed by atoms with van der Waals surface area (Å²) in [5, 5.41) is 4.03. The first kappa shape index (κ1) is 9.31. The zero-order valence-corrected chi connectivity index (χ0v) is 8.46. The molecule has 1 aromatic rings. The summed E-state index contributed by atoms with van der Waals surface area (Å²) < 4.78 is 12.7. The molecule has 1 saturated heterocycles. The Kier molecular flexibility index (Phi) is 2.77. The van der Waals surface area contributed by atoms with E-state index in [1.165, 1.54) is 12.1 Å². The van der Waals surface area contributed by atoms with Crippen molar-refractivity contribution in [2.24, 2.45) is 0 Å². The van der Waals surface area contributed by atoms with Crippen LogP contribution in [-0.2, 0) is 0 Å². The zero-order valence-electron chi connectivity index (χ0n) is 6.89. The number of nitrogens with one attached hydrogen (secondary N) is 1. The van der Waals surface area contributed by atoms with E-state index in [4.69, 9.17) is 11.6 Å². The summed E-state index contributed by atoms with van der Waals surface area (Å²) in [6.07, 6.45) is 0. The largest absolute Gasteiger partial charge is 0.301 e. The Labute approximate surface area is 85.7 Å². The van der Waals surface area contributed by atoms with Crippen LogP contribution in [-0.4, -0.2) is 12.3 Å². The van der Waals surface area contributed by atoms with Gasteiger partial charge in [0.15, 0.2) is 0 Å². The Morgan fingerprint density at radius 2 is 2.38 bits per heavy atom. The molecule has 2 rings (SSSR count). The predicted molar refractivity (Wildman–Crippen MR) is 54.6 cm³/mol. The van der Waals surface area contributed by atoms with Crippen molar-refractivity contribution in [1.82, 2.24) is 5.32 Å². The first-order valence-corrected chi connectivity index (χ1v) is 5.50. The monoisotopic (exact) mass is 217 g/mol. The van der Waals surface area contributed by atoms with Gasteiger partial charge in [0.25, 0.3) is 0 Å². The number of halogens is 2. The lowest BCUT2D eigenvalue weighted by molar-refractivity contribution is 0.626. The van der Waals surface area contributed by atoms with Crippen LogP contribution in [0.5, 0.6) is 0 Å². The lowest BCUT2D eigenvalue weighted by Crippen LogP contribution is -2.12. The van der Waals surface area contributed by atoms with Crippen LogP contribution in [0.25, 0.3) is 0 Å². The lowest BCUT2D eigenvalue weighted by atomic mass is 10.2. The summed E-state index contributed by atoms with van der Waals surface area (Å²) in [4.78, 5) is 0. The average molecular weight is 218 g/mol. The first-order chi connectivity index (χ1) is 6.27. The standard InChI is InChI=1S/C9H9ClFNS/c10-8-5-6(11)1-2-7(8)9-12-3-4-13-9/h1-2,5,9,12H,3-4H2. The van der Waals surface area contributed by atoms with E-state index in [-0.39, 0.29) is 11.2 Å². The van der Waals surface area contributed by atoms with Crippen molar-refractivity contribution in [2.45, 2.75) is 5.37 Å². The second-order valence-electron chi connectivity index (χ2n) is 2.87. The number of hydrogen-bond acceptors (Lipinski definition) is 2. The van der Waals surface area contributed by atoms with Crippen molar-refractivity contribution in [3.63, 3.8) is 0 Å². The maximum atomic E-state index is 12.7. The molecule has 0 bridgehead atoms. The Morgan fingerprint density at radius 1 is 1.54 bits per heavy atom. The molecule has 1 aromatic carbocycles. The number of thioether (sulfide) groups is 1. The van der Waals surface area contributed by atoms with E-state index in [1.54, 1.807) is 17.8 Å². The van der Waals surface area contributed by atoms with E-state index < -0.39 is 0 Å². The Bertz CT molecular complexity index is 312. The third kappa shape index (κ3) is 1.98. The second-order valence-corrected chi connectivity index (χ2v) is 4.49. The smallest absolute Gasteiger partial charge is 0.124 e. The van der Waals surface area contributed by atoms with Crippen LogP contribution in [0.1, 0.15) is 10.9 Å². The molecule has 1 atom stereocenters. The lowest BCUT2D eigenvalue weighted by Gasteiger charge is -2.11. The molecule has 0 amide bonds. The maximum Gasteiger partial charge on any atom is 0.124 e. The van der Waals surface area contributed by atoms with Crippen LogP contribution in [0.4, 0.5) is 4.39 Å². The highest BCUT2D eigenvalue weighted by Gasteiger charge is 2.19. The van der Waals surface area contributed by atoms with Crippen LogP contribution >= 0.6 is 23.4 Å². The van der Waals surface area contributed by atoms with Gasteiger partial charge >= 0.3 is 0 Å². The van der Waals surface area contributed by atoms with Crippen molar-refractivity contribution in [1.29, 1.82) is 0 Å². The zero-order chi connectivity index (χ0) is 9.26. The molecule has 1 nitrogen and oxygen atoms in total. The quantitative estimate of drug-likeness (QED) is 0.777. The van der Waals surface area contributed by atoms with Crippen LogP contribution < -0.4 is 5.32 Å². The Hall–Kier alpha value is -0.250. The maximum absolute atomic E-state index is 12.7. The van der Waals surface area contributed by atoms with Gasteiger partial charge in [-0.05, 0) is 17.7 Å². The highest BCUT2D eigenvalue weighted by molar-refractivity contribution is 7.99. The van der Waals surface area contributed by atoms with Crippen LogP contribution in [0.2, 0.25) is 5.02 Å². The van der Waals surface area contributed by atoms with Crippen LogP contribution in [0.15, 0.2) is 18.2 Å². The van der Waals surface area contributed by atoms with Gasteiger partial charge in [0, 0.05) is 17.3 Å². The van der Waals surface area contributed by atoms with E-state index in [2.05, 4.69) is 5.32 Å². The molecule has 0 aliphatic carbocycles. The summed E-state index contributed by atoms with van der Waals surface area (Å²) in [5.74, 6) is 0.801. The molecule has 1 heterocycles. The molecule has 1 unspecified atom stereocenters. The van der Waals surface area contributed by atoms with Crippen LogP contribution in [0, 0.1) is 5.82 Å². The molecule has 1 fully saturated rings. The molecule has 1 aliphatic heterocycles. The van der Waals surface area contributed by atoms with Gasteiger partial charge in [-0.15, -0.1) is 11.8 Å². The second kappa shape index (κ2) is 3.86. The fourth-order valence-corrected chi connectivity index (χ4v) is 2.77. The fourth-order valence-electron chi connectivity index (χ4n) is 1.34. The third-order valence-corrected chi connectivity index (χ3v) is 3.48. The highest BCUT2D eigenvalue weighted by Crippen LogP contribution is 2.34. The van der Waals surface area contributed by atoms with Gasteiger partial charge in [-0.1, -0.05) is 17.7 Å². The molecule has 1 N–H and O–H groups in total. The van der Waals surface area contributed by atoms with Crippen molar-refractivity contribution in [3.8, 4) is 0 Å². The van der Waals surface area contributed by atoms with Crippen molar-refractivity contribution >= 4 is 23.4 Å². The van der Waals surface area contributed by atoms with Gasteiger partial charge in [0.2, 0.25) is 0 Å². The number of rotatable bonds is 1. The molecular formula is C9H9ClFNS. The predicted octanol–water partition coefficient (Wildman–Crippen LogP) is 2.81. The van der Waals surface area contributed by atoms with Gasteiger partial charge < -0.3 is 5.32 Å². The first-order valence-electron chi connectivity index (χ1n) is 4.07. The molecule has 1 aliphatic rings. The van der Waals surface area contributed by atoms with Crippen molar-refractivity contribution < 1.29 is 4.39 Å².